The molecule has 1 aliphatic rings. The van der Waals surface area contributed by atoms with Gasteiger partial charge in [0.15, 0.2) is 5.82 Å². The summed E-state index contributed by atoms with van der Waals surface area (Å²) >= 11 is 0. The molecule has 2 aromatic rings. The summed E-state index contributed by atoms with van der Waals surface area (Å²) in [6.07, 6.45) is 0.655. The average molecular weight is 330 g/mol. The van der Waals surface area contributed by atoms with Gasteiger partial charge in [0, 0.05) is 19.7 Å². The first kappa shape index (κ1) is 16.4. The average Bonchev–Trinajstić information content (AvgIpc) is 3.08. The summed E-state index contributed by atoms with van der Waals surface area (Å²) in [6, 6.07) is 8.09. The van der Waals surface area contributed by atoms with E-state index in [0.717, 1.165) is 6.42 Å². The Kier molecular flexibility index (Phi) is 5.10. The number of hydrogen-bond donors (Lipinski definition) is 1. The van der Waals surface area contributed by atoms with Gasteiger partial charge in [0.25, 0.3) is 0 Å². The van der Waals surface area contributed by atoms with Crippen molar-refractivity contribution in [2.45, 2.75) is 39.5 Å². The molecular weight excluding hydrogens is 308 g/mol. The normalized spacial score (nSPS) is 15.0. The lowest BCUT2D eigenvalue weighted by Crippen LogP contribution is -2.42. The minimum atomic E-state index is -0.221. The summed E-state index contributed by atoms with van der Waals surface area (Å²) in [5.41, 5.74) is 2.51. The van der Waals surface area contributed by atoms with Gasteiger partial charge in [0.2, 0.25) is 5.89 Å². The lowest BCUT2D eigenvalue weighted by atomic mass is 10.0. The molecule has 1 atom stereocenters. The van der Waals surface area contributed by atoms with Crippen LogP contribution in [0, 0.1) is 0 Å². The van der Waals surface area contributed by atoms with Crippen molar-refractivity contribution in [2.75, 3.05) is 13.2 Å². The summed E-state index contributed by atoms with van der Waals surface area (Å²) in [5, 5.41) is 6.71. The molecule has 0 fully saturated rings. The quantitative estimate of drug-likeness (QED) is 0.911. The molecule has 2 amide bonds. The van der Waals surface area contributed by atoms with Gasteiger partial charge in [-0.25, -0.2) is 4.79 Å². The highest BCUT2D eigenvalue weighted by Gasteiger charge is 2.21. The summed E-state index contributed by atoms with van der Waals surface area (Å²) in [6.45, 7) is 5.90. The smallest absolute Gasteiger partial charge is 0.318 e. The lowest BCUT2D eigenvalue weighted by Gasteiger charge is -2.28. The third kappa shape index (κ3) is 3.73. The molecule has 24 heavy (non-hydrogen) atoms. The highest BCUT2D eigenvalue weighted by Crippen LogP contribution is 2.18. The van der Waals surface area contributed by atoms with Gasteiger partial charge >= 0.3 is 6.03 Å². The molecule has 7 nitrogen and oxygen atoms in total. The van der Waals surface area contributed by atoms with Crippen LogP contribution in [0.2, 0.25) is 0 Å². The van der Waals surface area contributed by atoms with Crippen molar-refractivity contribution >= 4 is 6.03 Å². The third-order valence-corrected chi connectivity index (χ3v) is 4.07. The molecule has 0 saturated heterocycles. The van der Waals surface area contributed by atoms with E-state index in [2.05, 4.69) is 27.6 Å². The number of carbonyl (C=O) groups excluding carboxylic acids is 1. The Hall–Kier alpha value is -2.41. The van der Waals surface area contributed by atoms with Gasteiger partial charge in [0.1, 0.15) is 6.10 Å². The number of urea groups is 1. The number of rotatable bonds is 5. The standard InChI is InChI=1S/C17H22N4O3/c1-3-23-12(2)16-19-15(24-20-16)10-18-17(22)21-9-8-13-6-4-5-7-14(13)11-21/h4-7,12H,3,8-11H2,1-2H3,(H,18,22)/t12-/m1/s1. The molecule has 0 saturated carbocycles. The Morgan fingerprint density at radius 1 is 1.42 bits per heavy atom. The zero-order valence-electron chi connectivity index (χ0n) is 14.0. The molecule has 7 heteroatoms. The van der Waals surface area contributed by atoms with E-state index in [1.54, 1.807) is 4.90 Å². The van der Waals surface area contributed by atoms with Crippen LogP contribution in [0.5, 0.6) is 0 Å². The van der Waals surface area contributed by atoms with Crippen LogP contribution in [0.3, 0.4) is 0 Å². The predicted octanol–water partition coefficient (Wildman–Crippen LogP) is 2.44. The van der Waals surface area contributed by atoms with Crippen LogP contribution >= 0.6 is 0 Å². The maximum Gasteiger partial charge on any atom is 0.318 e. The predicted molar refractivity (Wildman–Crippen MR) is 87.1 cm³/mol. The van der Waals surface area contributed by atoms with Gasteiger partial charge in [0.05, 0.1) is 6.54 Å². The van der Waals surface area contributed by atoms with E-state index in [9.17, 15) is 4.79 Å². The van der Waals surface area contributed by atoms with Gasteiger partial charge in [-0.3, -0.25) is 0 Å². The first-order valence-electron chi connectivity index (χ1n) is 8.21. The molecule has 0 unspecified atom stereocenters. The van der Waals surface area contributed by atoms with E-state index in [1.165, 1.54) is 11.1 Å². The van der Waals surface area contributed by atoms with Crippen LogP contribution < -0.4 is 5.32 Å². The zero-order valence-corrected chi connectivity index (χ0v) is 14.0. The number of hydrogen-bond acceptors (Lipinski definition) is 5. The van der Waals surface area contributed by atoms with Crippen molar-refractivity contribution in [3.8, 4) is 0 Å². The number of aromatic nitrogens is 2. The highest BCUT2D eigenvalue weighted by atomic mass is 16.5. The van der Waals surface area contributed by atoms with Crippen LogP contribution in [0.1, 0.15) is 42.8 Å². The SMILES string of the molecule is CCO[C@H](C)c1noc(CNC(=O)N2CCc3ccccc3C2)n1. The Balaban J connectivity index is 1.53. The van der Waals surface area contributed by atoms with Crippen LogP contribution in [-0.2, 0) is 24.2 Å². The molecule has 3 rings (SSSR count). The number of amides is 2. The minimum Gasteiger partial charge on any atom is -0.371 e. The maximum atomic E-state index is 12.3. The maximum absolute atomic E-state index is 12.3. The zero-order chi connectivity index (χ0) is 16.9. The second-order valence-electron chi connectivity index (χ2n) is 5.74. The topological polar surface area (TPSA) is 80.5 Å². The van der Waals surface area contributed by atoms with Gasteiger partial charge in [-0.15, -0.1) is 0 Å². The van der Waals surface area contributed by atoms with Crippen molar-refractivity contribution in [3.05, 3.63) is 47.1 Å². The third-order valence-electron chi connectivity index (χ3n) is 4.07. The van der Waals surface area contributed by atoms with Crippen LogP contribution in [0.4, 0.5) is 4.79 Å². The van der Waals surface area contributed by atoms with Gasteiger partial charge < -0.3 is 19.5 Å². The van der Waals surface area contributed by atoms with E-state index < -0.39 is 0 Å². The first-order valence-corrected chi connectivity index (χ1v) is 8.21. The van der Waals surface area contributed by atoms with Crippen LogP contribution in [0.25, 0.3) is 0 Å². The fourth-order valence-electron chi connectivity index (χ4n) is 2.76. The van der Waals surface area contributed by atoms with Crippen molar-refractivity contribution in [3.63, 3.8) is 0 Å². The van der Waals surface area contributed by atoms with E-state index >= 15 is 0 Å². The monoisotopic (exact) mass is 330 g/mol. The largest absolute Gasteiger partial charge is 0.371 e. The van der Waals surface area contributed by atoms with Crippen molar-refractivity contribution in [2.24, 2.45) is 0 Å². The van der Waals surface area contributed by atoms with Crippen LogP contribution in [0.15, 0.2) is 28.8 Å². The first-order chi connectivity index (χ1) is 11.7. The Bertz CT molecular complexity index is 701. The fourth-order valence-corrected chi connectivity index (χ4v) is 2.76. The fraction of sp³-hybridized carbons (Fsp3) is 0.471. The summed E-state index contributed by atoms with van der Waals surface area (Å²) in [7, 11) is 0. The molecule has 1 aliphatic heterocycles. The Labute approximate surface area is 141 Å². The van der Waals surface area contributed by atoms with E-state index in [1.807, 2.05) is 26.0 Å². The highest BCUT2D eigenvalue weighted by molar-refractivity contribution is 5.74. The number of carbonyl (C=O) groups is 1. The summed E-state index contributed by atoms with van der Waals surface area (Å²) < 4.78 is 10.6. The molecule has 1 aromatic heterocycles. The molecule has 0 radical (unpaired) electrons. The van der Waals surface area contributed by atoms with Crippen molar-refractivity contribution in [1.82, 2.24) is 20.4 Å². The molecule has 0 aliphatic carbocycles. The molecule has 128 valence electrons. The van der Waals surface area contributed by atoms with Crippen molar-refractivity contribution < 1.29 is 14.1 Å². The molecular formula is C17H22N4O3. The van der Waals surface area contributed by atoms with Gasteiger partial charge in [-0.2, -0.15) is 4.98 Å². The summed E-state index contributed by atoms with van der Waals surface area (Å²) in [5.74, 6) is 0.871. The number of benzene rings is 1. The van der Waals surface area contributed by atoms with E-state index in [4.69, 9.17) is 9.26 Å². The van der Waals surface area contributed by atoms with Gasteiger partial charge in [-0.05, 0) is 31.4 Å². The Morgan fingerprint density at radius 3 is 3.00 bits per heavy atom. The second kappa shape index (κ2) is 7.44. The molecule has 1 N–H and O–H groups in total. The van der Waals surface area contributed by atoms with E-state index in [0.29, 0.717) is 31.4 Å². The van der Waals surface area contributed by atoms with Gasteiger partial charge in [-0.1, -0.05) is 29.4 Å². The molecule has 1 aromatic carbocycles. The number of fused-ring (bicyclic) bond motifs is 1. The summed E-state index contributed by atoms with van der Waals surface area (Å²) in [4.78, 5) is 18.4. The van der Waals surface area contributed by atoms with E-state index in [-0.39, 0.29) is 18.7 Å². The van der Waals surface area contributed by atoms with Crippen molar-refractivity contribution in [1.29, 1.82) is 0 Å². The lowest BCUT2D eigenvalue weighted by molar-refractivity contribution is 0.0683. The molecule has 2 heterocycles. The molecule has 0 bridgehead atoms. The number of ether oxygens (including phenoxy) is 1. The second-order valence-corrected chi connectivity index (χ2v) is 5.74. The number of nitrogens with one attached hydrogen (secondary N) is 1. The molecule has 0 spiro atoms. The number of nitrogens with zero attached hydrogens (tertiary/aromatic N) is 3. The Morgan fingerprint density at radius 2 is 2.21 bits per heavy atom. The van der Waals surface area contributed by atoms with Crippen LogP contribution in [-0.4, -0.2) is 34.2 Å². The minimum absolute atomic E-state index is 0.123.